The summed E-state index contributed by atoms with van der Waals surface area (Å²) in [5.74, 6) is -4.00. The molecule has 0 amide bonds. The topological polar surface area (TPSA) is 146 Å². The average Bonchev–Trinajstić information content (AvgIpc) is 2.97. The summed E-state index contributed by atoms with van der Waals surface area (Å²) in [4.78, 5) is 67.6. The number of nitrogens with zero attached hydrogens (tertiary/aromatic N) is 1. The number of aliphatic hydroxyl groups is 1. The number of carbonyl (C=O) groups excluding carboxylic acids is 5. The van der Waals surface area contributed by atoms with Crippen LogP contribution < -0.4 is 0 Å². The monoisotopic (exact) mass is 667 g/mol. The number of fused-ring (bicyclic) bond motifs is 4. The van der Waals surface area contributed by atoms with E-state index in [9.17, 15) is 29.1 Å². The normalized spacial score (nSPS) is 31.6. The lowest BCUT2D eigenvalue weighted by Gasteiger charge is -2.51. The molecule has 3 aliphatic carbocycles. The van der Waals surface area contributed by atoms with E-state index in [0.717, 1.165) is 5.56 Å². The first-order valence-corrected chi connectivity index (χ1v) is 16.4. The van der Waals surface area contributed by atoms with Crippen LogP contribution in [0.2, 0.25) is 0 Å². The molecule has 0 saturated heterocycles. The molecule has 0 radical (unpaired) electrons. The van der Waals surface area contributed by atoms with Crippen LogP contribution in [0.3, 0.4) is 0 Å². The van der Waals surface area contributed by atoms with Gasteiger partial charge < -0.3 is 29.0 Å². The summed E-state index contributed by atoms with van der Waals surface area (Å²) >= 11 is 0. The van der Waals surface area contributed by atoms with E-state index in [1.165, 1.54) is 20.8 Å². The maximum absolute atomic E-state index is 14.5. The summed E-state index contributed by atoms with van der Waals surface area (Å²) in [6.07, 6.45) is -3.45. The molecular formula is C37H49NO10. The van der Waals surface area contributed by atoms with Crippen LogP contribution in [0.1, 0.15) is 79.2 Å². The zero-order valence-corrected chi connectivity index (χ0v) is 29.4. The average molecular weight is 668 g/mol. The van der Waals surface area contributed by atoms with Gasteiger partial charge in [-0.15, -0.1) is 0 Å². The van der Waals surface area contributed by atoms with Gasteiger partial charge in [0.25, 0.3) is 0 Å². The second-order valence-corrected chi connectivity index (χ2v) is 14.4. The Labute approximate surface area is 282 Å². The Kier molecular flexibility index (Phi) is 11.1. The third kappa shape index (κ3) is 7.57. The van der Waals surface area contributed by atoms with Gasteiger partial charge in [-0.1, -0.05) is 44.2 Å². The third-order valence-corrected chi connectivity index (χ3v) is 10.2. The quantitative estimate of drug-likeness (QED) is 0.243. The number of esters is 4. The smallest absolute Gasteiger partial charge is 0.315 e. The number of Topliss-reactive ketones (excluding diaryl/α,β-unsaturated/α-hetero) is 1. The molecule has 3 aliphatic rings. The molecular weight excluding hydrogens is 618 g/mol. The second-order valence-electron chi connectivity index (χ2n) is 14.4. The van der Waals surface area contributed by atoms with Gasteiger partial charge in [-0.25, -0.2) is 0 Å². The first-order chi connectivity index (χ1) is 22.4. The van der Waals surface area contributed by atoms with Crippen molar-refractivity contribution >= 4 is 29.7 Å². The van der Waals surface area contributed by atoms with Crippen molar-refractivity contribution in [2.24, 2.45) is 16.7 Å². The fourth-order valence-corrected chi connectivity index (χ4v) is 7.87. The van der Waals surface area contributed by atoms with Crippen molar-refractivity contribution in [3.8, 4) is 0 Å². The summed E-state index contributed by atoms with van der Waals surface area (Å²) < 4.78 is 23.7. The highest BCUT2D eigenvalue weighted by atomic mass is 16.6. The first-order valence-electron chi connectivity index (χ1n) is 16.4. The lowest BCUT2D eigenvalue weighted by molar-refractivity contribution is -0.170. The minimum Gasteiger partial charge on any atom is -0.461 e. The van der Waals surface area contributed by atoms with Crippen LogP contribution >= 0.6 is 0 Å². The molecule has 0 heterocycles. The fourth-order valence-electron chi connectivity index (χ4n) is 7.87. The van der Waals surface area contributed by atoms with Crippen LogP contribution in [0.5, 0.6) is 0 Å². The fraction of sp³-hybridized carbons (Fsp3) is 0.595. The Morgan fingerprint density at radius 3 is 2.06 bits per heavy atom. The number of likely N-dealkylation sites (N-methyl/N-ethyl adjacent to an activating group) is 1. The van der Waals surface area contributed by atoms with Crippen molar-refractivity contribution < 1.29 is 48.0 Å². The summed E-state index contributed by atoms with van der Waals surface area (Å²) in [7, 11) is 3.71. The number of benzene rings is 1. The molecule has 6 unspecified atom stereocenters. The Morgan fingerprint density at radius 1 is 0.896 bits per heavy atom. The Bertz CT molecular complexity index is 1490. The van der Waals surface area contributed by atoms with Gasteiger partial charge >= 0.3 is 23.9 Å². The molecule has 0 aliphatic heterocycles. The molecule has 11 nitrogen and oxygen atoms in total. The SMILES string of the molecule is CC(=O)OC1C[C@H]2C(OC(C)=O)/C=C3\C[C@](C)(C(=O)C(O)C(=C1C)C2(C)C)C(OC(C)=O)CC3OC(=O)C(CN(C)C)c1ccccc1. The largest absolute Gasteiger partial charge is 0.461 e. The van der Waals surface area contributed by atoms with E-state index >= 15 is 0 Å². The lowest BCUT2D eigenvalue weighted by Crippen LogP contribution is -2.56. The molecule has 48 heavy (non-hydrogen) atoms. The van der Waals surface area contributed by atoms with Gasteiger partial charge in [0.1, 0.15) is 30.5 Å². The van der Waals surface area contributed by atoms with Gasteiger partial charge in [-0.2, -0.15) is 0 Å². The molecule has 4 rings (SSSR count). The summed E-state index contributed by atoms with van der Waals surface area (Å²) in [5.41, 5.74) is -0.195. The van der Waals surface area contributed by atoms with Crippen molar-refractivity contribution in [2.45, 2.75) is 104 Å². The number of ketones is 1. The zero-order chi connectivity index (χ0) is 35.7. The van der Waals surface area contributed by atoms with E-state index in [-0.39, 0.29) is 19.3 Å². The number of carbonyl (C=O) groups is 5. The Morgan fingerprint density at radius 2 is 1.50 bits per heavy atom. The van der Waals surface area contributed by atoms with Gasteiger partial charge in [-0.05, 0) is 74.6 Å². The maximum Gasteiger partial charge on any atom is 0.315 e. The van der Waals surface area contributed by atoms with Crippen LogP contribution in [-0.4, -0.2) is 90.8 Å². The van der Waals surface area contributed by atoms with Crippen LogP contribution in [0, 0.1) is 16.7 Å². The predicted molar refractivity (Wildman–Crippen MR) is 175 cm³/mol. The van der Waals surface area contributed by atoms with Crippen molar-refractivity contribution in [3.63, 3.8) is 0 Å². The molecule has 1 saturated carbocycles. The van der Waals surface area contributed by atoms with Gasteiger partial charge in [0.2, 0.25) is 0 Å². The lowest BCUT2D eigenvalue weighted by atomic mass is 9.57. The Balaban J connectivity index is 1.91. The summed E-state index contributed by atoms with van der Waals surface area (Å²) in [5, 5.41) is 12.0. The maximum atomic E-state index is 14.5. The number of rotatable bonds is 8. The highest BCUT2D eigenvalue weighted by molar-refractivity contribution is 5.93. The molecule has 1 fully saturated rings. The molecule has 1 aromatic rings. The summed E-state index contributed by atoms with van der Waals surface area (Å²) in [6, 6.07) is 9.26. The molecule has 4 bridgehead atoms. The van der Waals surface area contributed by atoms with Crippen LogP contribution in [0.25, 0.3) is 0 Å². The second kappa shape index (κ2) is 14.3. The zero-order valence-electron chi connectivity index (χ0n) is 29.4. The van der Waals surface area contributed by atoms with E-state index in [1.807, 2.05) is 63.2 Å². The van der Waals surface area contributed by atoms with Gasteiger partial charge in [0.15, 0.2) is 5.78 Å². The van der Waals surface area contributed by atoms with Crippen molar-refractivity contribution in [1.29, 1.82) is 0 Å². The van der Waals surface area contributed by atoms with E-state index in [1.54, 1.807) is 19.9 Å². The van der Waals surface area contributed by atoms with E-state index in [2.05, 4.69) is 0 Å². The molecule has 1 aromatic carbocycles. The predicted octanol–water partition coefficient (Wildman–Crippen LogP) is 4.07. The van der Waals surface area contributed by atoms with Crippen LogP contribution in [0.15, 0.2) is 53.1 Å². The molecule has 11 heteroatoms. The minimum atomic E-state index is -1.65. The number of ether oxygens (including phenoxy) is 4. The Hall–Kier alpha value is -3.83. The van der Waals surface area contributed by atoms with Crippen LogP contribution in [-0.2, 0) is 42.9 Å². The van der Waals surface area contributed by atoms with E-state index in [4.69, 9.17) is 18.9 Å². The van der Waals surface area contributed by atoms with Crippen LogP contribution in [0.4, 0.5) is 0 Å². The van der Waals surface area contributed by atoms with Gasteiger partial charge in [0, 0.05) is 39.7 Å². The van der Waals surface area contributed by atoms with Gasteiger partial charge in [0.05, 0.1) is 11.3 Å². The first kappa shape index (κ1) is 37.0. The standard InChI is InChI=1S/C37H49NO10/c1-20-28(45-21(2)39)16-27-30(46-22(3)40)15-25-18-37(7,34(43)33(42)32(20)36(27,5)6)31(47-23(4)41)17-29(25)48-35(44)26(19-38(8)9)24-13-11-10-12-14-24/h10-15,26-31,33,42H,16-19H2,1-9H3/b25-15+/t26?,27-,28?,29?,30?,31?,33?,37-/m0/s1. The number of hydrogen-bond donors (Lipinski definition) is 1. The highest BCUT2D eigenvalue weighted by Crippen LogP contribution is 2.53. The number of hydrogen-bond acceptors (Lipinski definition) is 11. The van der Waals surface area contributed by atoms with E-state index in [0.29, 0.717) is 23.3 Å². The molecule has 1 N–H and O–H groups in total. The molecule has 262 valence electrons. The van der Waals surface area contributed by atoms with Crippen molar-refractivity contribution in [3.05, 3.63) is 58.7 Å². The molecule has 8 atom stereocenters. The third-order valence-electron chi connectivity index (χ3n) is 10.2. The molecule has 0 spiro atoms. The van der Waals surface area contributed by atoms with Gasteiger partial charge in [-0.3, -0.25) is 24.0 Å². The highest BCUT2D eigenvalue weighted by Gasteiger charge is 2.57. The van der Waals surface area contributed by atoms with Crippen molar-refractivity contribution in [2.75, 3.05) is 20.6 Å². The summed E-state index contributed by atoms with van der Waals surface area (Å²) in [6.45, 7) is 11.3. The number of aliphatic hydroxyl groups excluding tert-OH is 1. The van der Waals surface area contributed by atoms with Crippen molar-refractivity contribution in [1.82, 2.24) is 4.90 Å². The minimum absolute atomic E-state index is 0.0346. The van der Waals surface area contributed by atoms with E-state index < -0.39 is 82.8 Å². The molecule has 0 aromatic heterocycles.